The predicted octanol–water partition coefficient (Wildman–Crippen LogP) is 7.50. The van der Waals surface area contributed by atoms with Crippen LogP contribution in [0.15, 0.2) is 54.6 Å². The lowest BCUT2D eigenvalue weighted by Gasteiger charge is -2.50. The lowest BCUT2D eigenvalue weighted by atomic mass is 9.68. The molecule has 1 heterocycles. The number of hydrogen-bond donors (Lipinski definition) is 2. The van der Waals surface area contributed by atoms with Crippen molar-refractivity contribution in [2.24, 2.45) is 5.41 Å². The van der Waals surface area contributed by atoms with Crippen molar-refractivity contribution in [3.63, 3.8) is 0 Å². The molecule has 0 bridgehead atoms. The first-order valence-electron chi connectivity index (χ1n) is 12.7. The molecule has 2 aromatic carbocycles. The molecular formula is C29H44N2O3Si. The summed E-state index contributed by atoms with van der Waals surface area (Å²) in [7, 11) is -2.19. The van der Waals surface area contributed by atoms with Crippen molar-refractivity contribution in [2.75, 3.05) is 5.73 Å². The van der Waals surface area contributed by atoms with Crippen LogP contribution in [0.3, 0.4) is 0 Å². The zero-order chi connectivity index (χ0) is 26.2. The fraction of sp³-hybridized carbons (Fsp3) is 0.552. The molecule has 2 aromatic rings. The molecular weight excluding hydrogens is 452 g/mol. The van der Waals surface area contributed by atoms with E-state index in [-0.39, 0.29) is 22.6 Å². The van der Waals surface area contributed by atoms with Gasteiger partial charge in [0.1, 0.15) is 0 Å². The first-order chi connectivity index (χ1) is 16.1. The van der Waals surface area contributed by atoms with E-state index in [9.17, 15) is 9.90 Å². The number of anilines is 1. The molecule has 3 rings (SSSR count). The van der Waals surface area contributed by atoms with Crippen molar-refractivity contribution in [1.29, 1.82) is 0 Å². The second-order valence-electron chi connectivity index (χ2n) is 12.7. The lowest BCUT2D eigenvalue weighted by molar-refractivity contribution is -0.0148. The highest BCUT2D eigenvalue weighted by molar-refractivity contribution is 6.74. The second kappa shape index (κ2) is 9.62. The van der Waals surface area contributed by atoms with Gasteiger partial charge in [-0.1, -0.05) is 84.0 Å². The van der Waals surface area contributed by atoms with Gasteiger partial charge in [0.2, 0.25) is 0 Å². The zero-order valence-electron chi connectivity index (χ0n) is 22.8. The van der Waals surface area contributed by atoms with Gasteiger partial charge in [0.25, 0.3) is 0 Å². The first kappa shape index (κ1) is 27.3. The highest BCUT2D eigenvalue weighted by atomic mass is 28.4. The number of hydrogen-bond acceptors (Lipinski definition) is 3. The Morgan fingerprint density at radius 2 is 1.66 bits per heavy atom. The van der Waals surface area contributed by atoms with Gasteiger partial charge in [0.05, 0.1) is 17.7 Å². The summed E-state index contributed by atoms with van der Waals surface area (Å²) >= 11 is 0. The minimum Gasteiger partial charge on any atom is -0.465 e. The van der Waals surface area contributed by atoms with Gasteiger partial charge in [-0.05, 0) is 66.1 Å². The molecule has 3 atom stereocenters. The number of nitrogen functional groups attached to an aromatic ring is 1. The molecule has 0 saturated carbocycles. The summed E-state index contributed by atoms with van der Waals surface area (Å²) < 4.78 is 7.04. The number of carbonyl (C=O) groups is 1. The van der Waals surface area contributed by atoms with Gasteiger partial charge in [-0.2, -0.15) is 0 Å². The third-order valence-electron chi connectivity index (χ3n) is 8.43. The van der Waals surface area contributed by atoms with Gasteiger partial charge in [-0.3, -0.25) is 4.90 Å². The summed E-state index contributed by atoms with van der Waals surface area (Å²) in [5.74, 6) is 0. The van der Waals surface area contributed by atoms with Crippen LogP contribution in [0.1, 0.15) is 71.6 Å². The van der Waals surface area contributed by atoms with Crippen molar-refractivity contribution < 1.29 is 14.3 Å². The van der Waals surface area contributed by atoms with E-state index in [0.29, 0.717) is 12.1 Å². The molecule has 0 aliphatic carbocycles. The molecule has 1 aliphatic rings. The molecule has 192 valence electrons. The van der Waals surface area contributed by atoms with Crippen molar-refractivity contribution in [1.82, 2.24) is 4.90 Å². The normalized spacial score (nSPS) is 22.3. The molecule has 1 fully saturated rings. The fourth-order valence-electron chi connectivity index (χ4n) is 5.22. The maximum atomic E-state index is 13.1. The standard InChI is InChI=1S/C29H44N2O3Si/c1-27(2,3)29(20-21-14-16-23(30)17-15-21)19-18-24(31(29)26(32)33)25(22-12-10-9-11-13-22)34-35(7,8)28(4,5)6/h9-17,24-25H,18-20,30H2,1-8H3,(H,32,33)/t24?,25-,29?/m1/s1. The summed E-state index contributed by atoms with van der Waals surface area (Å²) in [6.07, 6.45) is 0.983. The van der Waals surface area contributed by atoms with Crippen LogP contribution in [0.2, 0.25) is 18.1 Å². The van der Waals surface area contributed by atoms with Crippen LogP contribution >= 0.6 is 0 Å². The maximum absolute atomic E-state index is 13.1. The Balaban J connectivity index is 2.12. The Morgan fingerprint density at radius 3 is 2.14 bits per heavy atom. The SMILES string of the molecule is CC(C)(C)C1(Cc2ccc(N)cc2)CCC([C@H](O[Si](C)(C)C(C)(C)C)c2ccccc2)N1C(=O)O. The molecule has 1 saturated heterocycles. The average molecular weight is 497 g/mol. The summed E-state index contributed by atoms with van der Waals surface area (Å²) in [5.41, 5.74) is 7.95. The molecule has 0 spiro atoms. The van der Waals surface area contributed by atoms with Crippen LogP contribution in [-0.2, 0) is 10.8 Å². The van der Waals surface area contributed by atoms with Gasteiger partial charge in [-0.15, -0.1) is 0 Å². The predicted molar refractivity (Wildman–Crippen MR) is 147 cm³/mol. The zero-order valence-corrected chi connectivity index (χ0v) is 23.8. The Kier molecular flexibility index (Phi) is 7.50. The average Bonchev–Trinajstić information content (AvgIpc) is 3.14. The van der Waals surface area contributed by atoms with Gasteiger partial charge in [-0.25, -0.2) is 4.79 Å². The Hall–Kier alpha value is -2.31. The van der Waals surface area contributed by atoms with Crippen LogP contribution in [0.25, 0.3) is 0 Å². The number of rotatable bonds is 6. The van der Waals surface area contributed by atoms with Crippen LogP contribution in [0.5, 0.6) is 0 Å². The molecule has 1 aliphatic heterocycles. The molecule has 2 unspecified atom stereocenters. The molecule has 0 aromatic heterocycles. The van der Waals surface area contributed by atoms with E-state index in [4.69, 9.17) is 10.2 Å². The number of likely N-dealkylation sites (tertiary alicyclic amines) is 1. The van der Waals surface area contributed by atoms with E-state index in [1.54, 1.807) is 4.90 Å². The second-order valence-corrected chi connectivity index (χ2v) is 17.4. The van der Waals surface area contributed by atoms with E-state index >= 15 is 0 Å². The van der Waals surface area contributed by atoms with Crippen molar-refractivity contribution in [2.45, 2.75) is 96.6 Å². The van der Waals surface area contributed by atoms with E-state index in [0.717, 1.165) is 24.0 Å². The van der Waals surface area contributed by atoms with Crippen molar-refractivity contribution in [3.8, 4) is 0 Å². The van der Waals surface area contributed by atoms with Crippen molar-refractivity contribution >= 4 is 20.1 Å². The lowest BCUT2D eigenvalue weighted by Crippen LogP contribution is -2.60. The molecule has 0 radical (unpaired) electrons. The van der Waals surface area contributed by atoms with Crippen LogP contribution in [-0.4, -0.2) is 36.0 Å². The first-order valence-corrected chi connectivity index (χ1v) is 15.6. The van der Waals surface area contributed by atoms with E-state index in [1.807, 2.05) is 42.5 Å². The highest BCUT2D eigenvalue weighted by Gasteiger charge is 2.58. The molecule has 35 heavy (non-hydrogen) atoms. The minimum atomic E-state index is -2.19. The molecule has 1 amide bonds. The monoisotopic (exact) mass is 496 g/mol. The van der Waals surface area contributed by atoms with E-state index < -0.39 is 19.9 Å². The topological polar surface area (TPSA) is 75.8 Å². The third kappa shape index (κ3) is 5.43. The number of benzene rings is 2. The summed E-state index contributed by atoms with van der Waals surface area (Å²) in [5, 5.41) is 10.7. The molecule has 5 nitrogen and oxygen atoms in total. The van der Waals surface area contributed by atoms with E-state index in [2.05, 4.69) is 66.8 Å². The Labute approximate surface area is 212 Å². The summed E-state index contributed by atoms with van der Waals surface area (Å²) in [6, 6.07) is 17.8. The largest absolute Gasteiger partial charge is 0.465 e. The number of nitrogens with two attached hydrogens (primary N) is 1. The third-order valence-corrected chi connectivity index (χ3v) is 12.9. The molecule has 3 N–H and O–H groups in total. The Bertz CT molecular complexity index is 1010. The smallest absolute Gasteiger partial charge is 0.408 e. The van der Waals surface area contributed by atoms with Gasteiger partial charge in [0.15, 0.2) is 8.32 Å². The van der Waals surface area contributed by atoms with Gasteiger partial charge >= 0.3 is 6.09 Å². The van der Waals surface area contributed by atoms with Crippen LogP contribution in [0.4, 0.5) is 10.5 Å². The van der Waals surface area contributed by atoms with Gasteiger partial charge in [0, 0.05) is 5.69 Å². The number of carboxylic acid groups (broad SMARTS) is 1. The van der Waals surface area contributed by atoms with Gasteiger partial charge < -0.3 is 15.3 Å². The minimum absolute atomic E-state index is 0.0117. The maximum Gasteiger partial charge on any atom is 0.408 e. The number of nitrogens with zero attached hydrogens (tertiary/aromatic N) is 1. The van der Waals surface area contributed by atoms with Crippen LogP contribution < -0.4 is 5.73 Å². The Morgan fingerprint density at radius 1 is 1.09 bits per heavy atom. The molecule has 6 heteroatoms. The highest BCUT2D eigenvalue weighted by Crippen LogP contribution is 2.52. The quantitative estimate of drug-likeness (QED) is 0.321. The number of amides is 1. The summed E-state index contributed by atoms with van der Waals surface area (Å²) in [6.45, 7) is 17.7. The van der Waals surface area contributed by atoms with Crippen molar-refractivity contribution in [3.05, 3.63) is 65.7 Å². The summed E-state index contributed by atoms with van der Waals surface area (Å²) in [4.78, 5) is 14.8. The van der Waals surface area contributed by atoms with E-state index in [1.165, 1.54) is 0 Å². The fourth-order valence-corrected chi connectivity index (χ4v) is 6.50. The van der Waals surface area contributed by atoms with Crippen LogP contribution in [0, 0.1) is 5.41 Å².